The molecule has 130 valence electrons. The molecule has 4 rings (SSSR count). The van der Waals surface area contributed by atoms with Crippen LogP contribution in [-0.4, -0.2) is 23.0 Å². The Morgan fingerprint density at radius 3 is 2.77 bits per heavy atom. The second-order valence-corrected chi connectivity index (χ2v) is 7.02. The molecule has 0 aliphatic heterocycles. The lowest BCUT2D eigenvalue weighted by molar-refractivity contribution is 0.0989. The number of Topliss-reactive ketones (excluding diaryl/α,β-unsaturated/α-hetero) is 1. The zero-order valence-electron chi connectivity index (χ0n) is 14.2. The number of fused-ring (bicyclic) bond motifs is 3. The van der Waals surface area contributed by atoms with Gasteiger partial charge in [-0.3, -0.25) is 4.79 Å². The van der Waals surface area contributed by atoms with Crippen molar-refractivity contribution in [3.05, 3.63) is 71.9 Å². The summed E-state index contributed by atoms with van der Waals surface area (Å²) in [6.45, 7) is 0. The standard InChI is InChI=1S/C21H17NO3S/c1-25-26-21-11-13(6-9-19(21)23)10-20(24)18-12-16-15-5-3-2-4-14(15)7-8-17(16)22-18/h2-9,11-12,22-23H,10H2,1H3. The lowest BCUT2D eigenvalue weighted by atomic mass is 10.0. The van der Waals surface area contributed by atoms with Crippen molar-refractivity contribution in [3.8, 4) is 5.75 Å². The smallest absolute Gasteiger partial charge is 0.183 e. The van der Waals surface area contributed by atoms with E-state index in [-0.39, 0.29) is 18.0 Å². The topological polar surface area (TPSA) is 62.3 Å². The van der Waals surface area contributed by atoms with Crippen LogP contribution >= 0.6 is 12.0 Å². The molecule has 0 aliphatic rings. The van der Waals surface area contributed by atoms with Crippen LogP contribution in [-0.2, 0) is 10.6 Å². The van der Waals surface area contributed by atoms with Crippen molar-refractivity contribution in [1.29, 1.82) is 0 Å². The molecule has 0 amide bonds. The molecule has 4 aromatic rings. The van der Waals surface area contributed by atoms with Crippen LogP contribution < -0.4 is 0 Å². The SMILES string of the molecule is COSc1cc(CC(=O)c2cc3c(ccc4ccccc43)[nH]2)ccc1O. The van der Waals surface area contributed by atoms with E-state index in [0.29, 0.717) is 10.6 Å². The van der Waals surface area contributed by atoms with Crippen LogP contribution in [0.1, 0.15) is 16.1 Å². The van der Waals surface area contributed by atoms with Gasteiger partial charge >= 0.3 is 0 Å². The molecule has 1 aromatic heterocycles. The largest absolute Gasteiger partial charge is 0.507 e. The molecule has 0 saturated heterocycles. The predicted octanol–water partition coefficient (Wildman–Crippen LogP) is 5.11. The zero-order valence-corrected chi connectivity index (χ0v) is 15.0. The number of carbonyl (C=O) groups excluding carboxylic acids is 1. The molecule has 0 atom stereocenters. The number of aromatic amines is 1. The van der Waals surface area contributed by atoms with E-state index in [9.17, 15) is 9.90 Å². The molecule has 2 N–H and O–H groups in total. The van der Waals surface area contributed by atoms with Gasteiger partial charge in [0.15, 0.2) is 5.78 Å². The van der Waals surface area contributed by atoms with E-state index in [2.05, 4.69) is 23.2 Å². The van der Waals surface area contributed by atoms with Gasteiger partial charge in [-0.05, 0) is 40.6 Å². The van der Waals surface area contributed by atoms with Crippen LogP contribution in [0.25, 0.3) is 21.7 Å². The molecule has 5 heteroatoms. The van der Waals surface area contributed by atoms with Gasteiger partial charge in [-0.25, -0.2) is 0 Å². The second-order valence-electron chi connectivity index (χ2n) is 6.08. The lowest BCUT2D eigenvalue weighted by Gasteiger charge is -2.05. The lowest BCUT2D eigenvalue weighted by Crippen LogP contribution is -2.03. The number of hydrogen-bond acceptors (Lipinski definition) is 4. The molecule has 0 unspecified atom stereocenters. The first-order chi connectivity index (χ1) is 12.7. The van der Waals surface area contributed by atoms with Crippen molar-refractivity contribution in [2.45, 2.75) is 11.3 Å². The van der Waals surface area contributed by atoms with Crippen LogP contribution in [0.4, 0.5) is 0 Å². The fraction of sp³-hybridized carbons (Fsp3) is 0.0952. The number of phenols is 1. The first-order valence-electron chi connectivity index (χ1n) is 8.22. The van der Waals surface area contributed by atoms with Crippen molar-refractivity contribution in [3.63, 3.8) is 0 Å². The Morgan fingerprint density at radius 1 is 1.08 bits per heavy atom. The summed E-state index contributed by atoms with van der Waals surface area (Å²) in [6.07, 6.45) is 0.252. The summed E-state index contributed by atoms with van der Waals surface area (Å²) < 4.78 is 5.00. The van der Waals surface area contributed by atoms with Crippen molar-refractivity contribution in [2.24, 2.45) is 0 Å². The number of rotatable bonds is 5. The molecule has 0 aliphatic carbocycles. The zero-order chi connectivity index (χ0) is 18.1. The average Bonchev–Trinajstić information content (AvgIpc) is 3.10. The fourth-order valence-corrected chi connectivity index (χ4v) is 3.67. The Morgan fingerprint density at radius 2 is 1.92 bits per heavy atom. The molecule has 0 fully saturated rings. The number of benzene rings is 3. The summed E-state index contributed by atoms with van der Waals surface area (Å²) in [5.74, 6) is 0.148. The number of phenolic OH excluding ortho intramolecular Hbond substituents is 1. The monoisotopic (exact) mass is 363 g/mol. The number of nitrogens with one attached hydrogen (secondary N) is 1. The van der Waals surface area contributed by atoms with Crippen molar-refractivity contribution in [2.75, 3.05) is 7.11 Å². The van der Waals surface area contributed by atoms with E-state index in [1.54, 1.807) is 18.2 Å². The highest BCUT2D eigenvalue weighted by Gasteiger charge is 2.13. The third-order valence-corrected chi connectivity index (χ3v) is 5.06. The van der Waals surface area contributed by atoms with Crippen LogP contribution in [0.2, 0.25) is 0 Å². The van der Waals surface area contributed by atoms with Crippen LogP contribution in [0.5, 0.6) is 5.75 Å². The summed E-state index contributed by atoms with van der Waals surface area (Å²) in [5.41, 5.74) is 2.37. The molecule has 26 heavy (non-hydrogen) atoms. The summed E-state index contributed by atoms with van der Waals surface area (Å²) in [5, 5.41) is 13.1. The van der Waals surface area contributed by atoms with Crippen molar-refractivity contribution < 1.29 is 14.1 Å². The maximum absolute atomic E-state index is 12.7. The third-order valence-electron chi connectivity index (χ3n) is 4.39. The highest BCUT2D eigenvalue weighted by Crippen LogP contribution is 2.30. The Kier molecular flexibility index (Phi) is 4.41. The number of ketones is 1. The minimum atomic E-state index is 0.00402. The summed E-state index contributed by atoms with van der Waals surface area (Å²) >= 11 is 1.08. The number of hydrogen-bond donors (Lipinski definition) is 2. The first-order valence-corrected chi connectivity index (χ1v) is 8.96. The molecule has 0 spiro atoms. The molecule has 3 aromatic carbocycles. The van der Waals surface area contributed by atoms with Crippen LogP contribution in [0.3, 0.4) is 0 Å². The molecule has 4 nitrogen and oxygen atoms in total. The Balaban J connectivity index is 1.66. The number of H-pyrrole nitrogens is 1. The van der Waals surface area contributed by atoms with E-state index >= 15 is 0 Å². The first kappa shape index (κ1) is 16.7. The van der Waals surface area contributed by atoms with E-state index < -0.39 is 0 Å². The summed E-state index contributed by atoms with van der Waals surface area (Å²) in [7, 11) is 1.54. The van der Waals surface area contributed by atoms with Crippen molar-refractivity contribution in [1.82, 2.24) is 4.98 Å². The van der Waals surface area contributed by atoms with Gasteiger partial charge in [0.05, 0.1) is 17.7 Å². The van der Waals surface area contributed by atoms with Gasteiger partial charge in [0, 0.05) is 29.4 Å². The summed E-state index contributed by atoms with van der Waals surface area (Å²) in [4.78, 5) is 16.6. The van der Waals surface area contributed by atoms with Crippen LogP contribution in [0.15, 0.2) is 65.6 Å². The van der Waals surface area contributed by atoms with Gasteiger partial charge in [-0.1, -0.05) is 36.4 Å². The maximum atomic E-state index is 12.7. The number of carbonyl (C=O) groups is 1. The van der Waals surface area contributed by atoms with E-state index in [1.165, 1.54) is 7.11 Å². The summed E-state index contributed by atoms with van der Waals surface area (Å²) in [6, 6.07) is 19.2. The van der Waals surface area contributed by atoms with Gasteiger partial charge in [0.1, 0.15) is 5.75 Å². The normalized spacial score (nSPS) is 11.3. The average molecular weight is 363 g/mol. The highest BCUT2D eigenvalue weighted by molar-refractivity contribution is 7.94. The minimum absolute atomic E-state index is 0.00402. The minimum Gasteiger partial charge on any atom is -0.507 e. The molecule has 0 saturated carbocycles. The van der Waals surface area contributed by atoms with E-state index in [0.717, 1.165) is 39.3 Å². The molecular formula is C21H17NO3S. The van der Waals surface area contributed by atoms with E-state index in [4.69, 9.17) is 4.18 Å². The van der Waals surface area contributed by atoms with E-state index in [1.807, 2.05) is 24.3 Å². The molecule has 1 heterocycles. The maximum Gasteiger partial charge on any atom is 0.183 e. The number of aromatic hydroxyl groups is 1. The van der Waals surface area contributed by atoms with Crippen molar-refractivity contribution >= 4 is 39.5 Å². The van der Waals surface area contributed by atoms with Gasteiger partial charge in [0.25, 0.3) is 0 Å². The Labute approximate surface area is 155 Å². The Hall–Kier alpha value is -2.76. The predicted molar refractivity (Wildman–Crippen MR) is 105 cm³/mol. The second kappa shape index (κ2) is 6.86. The fourth-order valence-electron chi connectivity index (χ4n) is 3.14. The third kappa shape index (κ3) is 3.07. The van der Waals surface area contributed by atoms with Crippen LogP contribution in [0, 0.1) is 0 Å². The van der Waals surface area contributed by atoms with Gasteiger partial charge in [-0.15, -0.1) is 0 Å². The molecular weight excluding hydrogens is 346 g/mol. The number of aromatic nitrogens is 1. The highest BCUT2D eigenvalue weighted by atomic mass is 32.2. The van der Waals surface area contributed by atoms with Gasteiger partial charge < -0.3 is 14.3 Å². The molecule has 0 radical (unpaired) electrons. The van der Waals surface area contributed by atoms with Gasteiger partial charge in [0.2, 0.25) is 0 Å². The van der Waals surface area contributed by atoms with Gasteiger partial charge in [-0.2, -0.15) is 0 Å². The Bertz CT molecular complexity index is 1120. The molecule has 0 bridgehead atoms. The quantitative estimate of drug-likeness (QED) is 0.382.